The molecule has 1 N–H and O–H groups in total. The Bertz CT molecular complexity index is 784. The first kappa shape index (κ1) is 19.1. The first-order valence-electron chi connectivity index (χ1n) is 7.98. The van der Waals surface area contributed by atoms with Crippen molar-refractivity contribution in [2.24, 2.45) is 0 Å². The van der Waals surface area contributed by atoms with Gasteiger partial charge in [-0.05, 0) is 12.0 Å². The molecule has 1 amide bonds. The number of carbonyl (C=O) groups excluding carboxylic acids is 1. The Kier molecular flexibility index (Phi) is 5.31. The molecule has 2 aromatic heterocycles. The number of aliphatic hydroxyl groups excluding tert-OH is 1. The summed E-state index contributed by atoms with van der Waals surface area (Å²) >= 11 is 0. The smallest absolute Gasteiger partial charge is 0.448 e. The van der Waals surface area contributed by atoms with Gasteiger partial charge in [0.2, 0.25) is 5.88 Å². The van der Waals surface area contributed by atoms with E-state index in [4.69, 9.17) is 4.42 Å². The van der Waals surface area contributed by atoms with Gasteiger partial charge in [-0.2, -0.15) is 0 Å². The zero-order valence-corrected chi connectivity index (χ0v) is 13.8. The van der Waals surface area contributed by atoms with Crippen LogP contribution < -0.4 is 4.74 Å². The number of oxazole rings is 1. The van der Waals surface area contributed by atoms with E-state index in [1.165, 1.54) is 12.3 Å². The Hall–Kier alpha value is -2.69. The highest BCUT2D eigenvalue weighted by Crippen LogP contribution is 2.21. The number of pyridine rings is 1. The maximum absolute atomic E-state index is 13.3. The fraction of sp³-hybridized carbons (Fsp3) is 0.438. The van der Waals surface area contributed by atoms with E-state index in [2.05, 4.69) is 14.7 Å². The number of ether oxygens (including phenoxy) is 1. The highest BCUT2D eigenvalue weighted by atomic mass is 19.4. The summed E-state index contributed by atoms with van der Waals surface area (Å²) in [6, 6.07) is 2.52. The number of hydrogen-bond acceptors (Lipinski definition) is 6. The van der Waals surface area contributed by atoms with Gasteiger partial charge < -0.3 is 19.2 Å². The van der Waals surface area contributed by atoms with Gasteiger partial charge in [0, 0.05) is 18.7 Å². The second-order valence-electron chi connectivity index (χ2n) is 5.97. The van der Waals surface area contributed by atoms with Crippen molar-refractivity contribution in [2.45, 2.75) is 31.5 Å². The van der Waals surface area contributed by atoms with Crippen LogP contribution in [-0.4, -0.2) is 57.6 Å². The van der Waals surface area contributed by atoms with Gasteiger partial charge in [-0.15, -0.1) is 13.2 Å². The predicted molar refractivity (Wildman–Crippen MR) is 81.6 cm³/mol. The molecule has 1 fully saturated rings. The van der Waals surface area contributed by atoms with Crippen molar-refractivity contribution in [3.8, 4) is 5.88 Å². The molecule has 1 aliphatic heterocycles. The van der Waals surface area contributed by atoms with Crippen molar-refractivity contribution in [1.82, 2.24) is 14.9 Å². The van der Waals surface area contributed by atoms with E-state index in [0.717, 1.165) is 17.2 Å². The van der Waals surface area contributed by atoms with Crippen molar-refractivity contribution in [1.29, 1.82) is 0 Å². The van der Waals surface area contributed by atoms with Gasteiger partial charge >= 0.3 is 6.36 Å². The Labute approximate surface area is 150 Å². The van der Waals surface area contributed by atoms with Crippen LogP contribution in [0.4, 0.5) is 17.6 Å². The summed E-state index contributed by atoms with van der Waals surface area (Å²) in [5.74, 6) is -0.862. The van der Waals surface area contributed by atoms with E-state index in [0.29, 0.717) is 12.0 Å². The molecule has 7 nitrogen and oxygen atoms in total. The zero-order valence-electron chi connectivity index (χ0n) is 13.8. The van der Waals surface area contributed by atoms with E-state index >= 15 is 0 Å². The lowest BCUT2D eigenvalue weighted by atomic mass is 10.1. The van der Waals surface area contributed by atoms with Crippen LogP contribution in [0.5, 0.6) is 5.88 Å². The molecule has 3 rings (SSSR count). The van der Waals surface area contributed by atoms with Crippen molar-refractivity contribution in [3.05, 3.63) is 41.7 Å². The molecule has 0 aliphatic carbocycles. The van der Waals surface area contributed by atoms with Crippen LogP contribution in [0.25, 0.3) is 0 Å². The summed E-state index contributed by atoms with van der Waals surface area (Å²) in [5, 5.41) is 9.37. The van der Waals surface area contributed by atoms with E-state index in [1.807, 2.05) is 0 Å². The average molecular weight is 389 g/mol. The Morgan fingerprint density at radius 2 is 2.11 bits per heavy atom. The number of likely N-dealkylation sites (tertiary alicyclic amines) is 1. The predicted octanol–water partition coefficient (Wildman–Crippen LogP) is 1.91. The number of amides is 1. The summed E-state index contributed by atoms with van der Waals surface area (Å²) < 4.78 is 58.5. The standard InChI is InChI=1S/C16H15F4N3O4/c17-10-6-23(7-12(10)24)15(25)11-8-26-14(22-11)4-2-9-1-3-13(21-5-9)27-16(18,19)20/h1,3,5,8,10,12,24H,2,4,6-7H2. The fourth-order valence-electron chi connectivity index (χ4n) is 2.59. The molecule has 2 unspecified atom stereocenters. The normalized spacial score (nSPS) is 20.1. The fourth-order valence-corrected chi connectivity index (χ4v) is 2.59. The van der Waals surface area contributed by atoms with Gasteiger partial charge in [0.25, 0.3) is 5.91 Å². The Morgan fingerprint density at radius 3 is 2.70 bits per heavy atom. The molecule has 0 bridgehead atoms. The molecule has 1 saturated heterocycles. The molecule has 3 heterocycles. The van der Waals surface area contributed by atoms with E-state index in [-0.39, 0.29) is 31.1 Å². The highest BCUT2D eigenvalue weighted by Gasteiger charge is 2.35. The monoisotopic (exact) mass is 389 g/mol. The lowest BCUT2D eigenvalue weighted by Gasteiger charge is -2.12. The third kappa shape index (κ3) is 4.94. The van der Waals surface area contributed by atoms with E-state index in [1.54, 1.807) is 0 Å². The quantitative estimate of drug-likeness (QED) is 0.786. The summed E-state index contributed by atoms with van der Waals surface area (Å²) in [5.41, 5.74) is 0.622. The lowest BCUT2D eigenvalue weighted by Crippen LogP contribution is -2.29. The number of nitrogens with zero attached hydrogens (tertiary/aromatic N) is 3. The van der Waals surface area contributed by atoms with Gasteiger partial charge in [0.05, 0.1) is 13.1 Å². The first-order chi connectivity index (χ1) is 12.7. The first-order valence-corrected chi connectivity index (χ1v) is 7.98. The molecular formula is C16H15F4N3O4. The second kappa shape index (κ2) is 7.51. The zero-order chi connectivity index (χ0) is 19.6. The van der Waals surface area contributed by atoms with Crippen LogP contribution in [-0.2, 0) is 12.8 Å². The number of aromatic nitrogens is 2. The van der Waals surface area contributed by atoms with Crippen LogP contribution in [0, 0.1) is 0 Å². The van der Waals surface area contributed by atoms with Crippen LogP contribution in [0.1, 0.15) is 21.9 Å². The molecule has 0 aromatic carbocycles. The van der Waals surface area contributed by atoms with Crippen LogP contribution in [0.15, 0.2) is 29.0 Å². The van der Waals surface area contributed by atoms with Crippen LogP contribution >= 0.6 is 0 Å². The molecule has 2 aromatic rings. The number of hydrogen-bond donors (Lipinski definition) is 1. The Morgan fingerprint density at radius 1 is 1.33 bits per heavy atom. The molecule has 1 aliphatic rings. The molecular weight excluding hydrogens is 374 g/mol. The summed E-state index contributed by atoms with van der Waals surface area (Å²) in [6.45, 7) is -0.319. The van der Waals surface area contributed by atoms with Crippen molar-refractivity contribution in [2.75, 3.05) is 13.1 Å². The minimum absolute atomic E-state index is 0.00153. The van der Waals surface area contributed by atoms with Crippen molar-refractivity contribution < 1.29 is 36.6 Å². The number of β-amino-alcohol motifs (C(OH)–C–C–N with tert-alkyl or cyclic N) is 1. The highest BCUT2D eigenvalue weighted by molar-refractivity contribution is 5.92. The number of rotatable bonds is 5. The van der Waals surface area contributed by atoms with Gasteiger partial charge in [0.1, 0.15) is 18.5 Å². The topological polar surface area (TPSA) is 88.7 Å². The molecule has 0 saturated carbocycles. The lowest BCUT2D eigenvalue weighted by molar-refractivity contribution is -0.276. The van der Waals surface area contributed by atoms with E-state index < -0.39 is 30.4 Å². The third-order valence-corrected chi connectivity index (χ3v) is 3.92. The number of aliphatic hydroxyl groups is 1. The molecule has 27 heavy (non-hydrogen) atoms. The van der Waals surface area contributed by atoms with Crippen LogP contribution in [0.2, 0.25) is 0 Å². The third-order valence-electron chi connectivity index (χ3n) is 3.92. The maximum atomic E-state index is 13.3. The summed E-state index contributed by atoms with van der Waals surface area (Å²) in [4.78, 5) is 20.9. The van der Waals surface area contributed by atoms with Crippen LogP contribution in [0.3, 0.4) is 0 Å². The number of carbonyl (C=O) groups is 1. The molecule has 2 atom stereocenters. The molecule has 11 heteroatoms. The Balaban J connectivity index is 1.54. The minimum Gasteiger partial charge on any atom is -0.448 e. The number of aryl methyl sites for hydroxylation is 2. The maximum Gasteiger partial charge on any atom is 0.574 e. The van der Waals surface area contributed by atoms with Gasteiger partial charge in [-0.25, -0.2) is 14.4 Å². The molecule has 0 radical (unpaired) electrons. The van der Waals surface area contributed by atoms with Crippen molar-refractivity contribution in [3.63, 3.8) is 0 Å². The summed E-state index contributed by atoms with van der Waals surface area (Å²) in [6.07, 6.45) is -4.47. The largest absolute Gasteiger partial charge is 0.574 e. The molecule has 0 spiro atoms. The SMILES string of the molecule is O=C(c1coc(CCc2ccc(OC(F)(F)F)nc2)n1)N1CC(O)C(F)C1. The van der Waals surface area contributed by atoms with Gasteiger partial charge in [0.15, 0.2) is 11.6 Å². The second-order valence-corrected chi connectivity index (χ2v) is 5.97. The number of alkyl halides is 4. The molecule has 146 valence electrons. The minimum atomic E-state index is -4.80. The van der Waals surface area contributed by atoms with E-state index in [9.17, 15) is 27.5 Å². The van der Waals surface area contributed by atoms with Crippen molar-refractivity contribution >= 4 is 5.91 Å². The average Bonchev–Trinajstić information content (AvgIpc) is 3.19. The van der Waals surface area contributed by atoms with Gasteiger partial charge in [-0.1, -0.05) is 6.07 Å². The number of halogens is 4. The summed E-state index contributed by atoms with van der Waals surface area (Å²) in [7, 11) is 0. The van der Waals surface area contributed by atoms with Gasteiger partial charge in [-0.3, -0.25) is 4.79 Å².